The van der Waals surface area contributed by atoms with Crippen LogP contribution in [0.4, 0.5) is 4.79 Å². The molecule has 2 aromatic heterocycles. The minimum atomic E-state index is -1.03. The first-order valence-electron chi connectivity index (χ1n) is 8.56. The fraction of sp³-hybridized carbons (Fsp3) is 0.263. The molecule has 1 aliphatic rings. The Morgan fingerprint density at radius 2 is 2.07 bits per heavy atom. The Hall–Kier alpha value is -3.42. The van der Waals surface area contributed by atoms with Gasteiger partial charge in [-0.05, 0) is 37.6 Å². The van der Waals surface area contributed by atoms with E-state index in [1.165, 1.54) is 12.5 Å². The second-order valence-electron chi connectivity index (χ2n) is 6.60. The van der Waals surface area contributed by atoms with Gasteiger partial charge in [-0.25, -0.2) is 14.8 Å². The van der Waals surface area contributed by atoms with Crippen LogP contribution in [0.2, 0.25) is 0 Å². The summed E-state index contributed by atoms with van der Waals surface area (Å²) in [5, 5.41) is 9.94. The number of rotatable bonds is 2. The standard InChI is InChI=1S/C19H18N4O4/c1-11-7-15-16(9-23(11)12(2)24)20-10-21-18(15)27-14-3-4-17-13(8-14)5-6-22(17)19(25)26/h3-6,8,10-11H,7,9H2,1-2H3,(H,25,26)/t11-/m0/s1. The van der Waals surface area contributed by atoms with Crippen molar-refractivity contribution in [1.82, 2.24) is 19.4 Å². The Kier molecular flexibility index (Phi) is 4.02. The first-order valence-corrected chi connectivity index (χ1v) is 8.56. The molecule has 8 heteroatoms. The smallest absolute Gasteiger partial charge is 0.415 e. The van der Waals surface area contributed by atoms with Crippen molar-refractivity contribution in [1.29, 1.82) is 0 Å². The van der Waals surface area contributed by atoms with Crippen molar-refractivity contribution < 1.29 is 19.4 Å². The average molecular weight is 366 g/mol. The maximum absolute atomic E-state index is 11.8. The van der Waals surface area contributed by atoms with Crippen LogP contribution in [-0.4, -0.2) is 42.6 Å². The Balaban J connectivity index is 1.66. The minimum absolute atomic E-state index is 0.0163. The molecule has 0 saturated carbocycles. The SMILES string of the molecule is CC(=O)N1Cc2ncnc(Oc3ccc4c(ccn4C(=O)O)c3)c2C[C@@H]1C. The number of nitrogens with zero attached hydrogens (tertiary/aromatic N) is 4. The molecule has 0 spiro atoms. The molecule has 1 aliphatic heterocycles. The summed E-state index contributed by atoms with van der Waals surface area (Å²) < 4.78 is 7.14. The molecule has 3 aromatic rings. The molecule has 0 saturated heterocycles. The quantitative estimate of drug-likeness (QED) is 0.749. The summed E-state index contributed by atoms with van der Waals surface area (Å²) in [6, 6.07) is 6.95. The van der Waals surface area contributed by atoms with E-state index in [-0.39, 0.29) is 11.9 Å². The summed E-state index contributed by atoms with van der Waals surface area (Å²) in [6.45, 7) is 3.98. The number of benzene rings is 1. The summed E-state index contributed by atoms with van der Waals surface area (Å²) in [6.07, 6.45) is 2.51. The maximum atomic E-state index is 11.8. The van der Waals surface area contributed by atoms with Crippen LogP contribution in [-0.2, 0) is 17.8 Å². The van der Waals surface area contributed by atoms with Crippen LogP contribution in [0, 0.1) is 0 Å². The Morgan fingerprint density at radius 3 is 2.81 bits per heavy atom. The molecular formula is C19H18N4O4. The van der Waals surface area contributed by atoms with Gasteiger partial charge in [-0.3, -0.25) is 9.36 Å². The molecule has 0 bridgehead atoms. The Labute approximate surface area is 155 Å². The van der Waals surface area contributed by atoms with Crippen LogP contribution in [0.1, 0.15) is 25.1 Å². The fourth-order valence-corrected chi connectivity index (χ4v) is 3.47. The molecule has 8 nitrogen and oxygen atoms in total. The molecule has 1 N–H and O–H groups in total. The second-order valence-corrected chi connectivity index (χ2v) is 6.60. The van der Waals surface area contributed by atoms with Gasteiger partial charge in [-0.2, -0.15) is 0 Å². The zero-order chi connectivity index (χ0) is 19.1. The number of hydrogen-bond donors (Lipinski definition) is 1. The number of aromatic nitrogens is 3. The number of carbonyl (C=O) groups excluding carboxylic acids is 1. The number of amides is 1. The summed E-state index contributed by atoms with van der Waals surface area (Å²) in [5.74, 6) is 1.04. The molecule has 0 radical (unpaired) electrons. The predicted octanol–water partition coefficient (Wildman–Crippen LogP) is 3.04. The van der Waals surface area contributed by atoms with Gasteiger partial charge in [-0.15, -0.1) is 0 Å². The molecule has 3 heterocycles. The van der Waals surface area contributed by atoms with Gasteiger partial charge in [0.15, 0.2) is 0 Å². The third-order valence-corrected chi connectivity index (χ3v) is 4.83. The highest BCUT2D eigenvalue weighted by Gasteiger charge is 2.28. The van der Waals surface area contributed by atoms with Gasteiger partial charge in [0.05, 0.1) is 17.8 Å². The van der Waals surface area contributed by atoms with E-state index in [2.05, 4.69) is 9.97 Å². The van der Waals surface area contributed by atoms with E-state index in [1.807, 2.05) is 6.92 Å². The van der Waals surface area contributed by atoms with Crippen molar-refractivity contribution in [3.05, 3.63) is 48.0 Å². The summed E-state index contributed by atoms with van der Waals surface area (Å²) in [7, 11) is 0. The molecule has 0 aliphatic carbocycles. The first kappa shape index (κ1) is 17.0. The van der Waals surface area contributed by atoms with Crippen molar-refractivity contribution in [2.45, 2.75) is 32.9 Å². The number of fused-ring (bicyclic) bond motifs is 2. The molecule has 27 heavy (non-hydrogen) atoms. The molecular weight excluding hydrogens is 348 g/mol. The number of carbonyl (C=O) groups is 2. The molecule has 4 rings (SSSR count). The van der Waals surface area contributed by atoms with E-state index in [0.29, 0.717) is 30.1 Å². The van der Waals surface area contributed by atoms with E-state index < -0.39 is 6.09 Å². The Bertz CT molecular complexity index is 1060. The minimum Gasteiger partial charge on any atom is -0.464 e. The summed E-state index contributed by atoms with van der Waals surface area (Å²) in [4.78, 5) is 33.3. The largest absolute Gasteiger partial charge is 0.464 e. The van der Waals surface area contributed by atoms with Crippen LogP contribution in [0.3, 0.4) is 0 Å². The number of ether oxygens (including phenoxy) is 1. The van der Waals surface area contributed by atoms with Crippen LogP contribution >= 0.6 is 0 Å². The second kappa shape index (κ2) is 6.39. The average Bonchev–Trinajstić information content (AvgIpc) is 3.05. The highest BCUT2D eigenvalue weighted by atomic mass is 16.5. The zero-order valence-electron chi connectivity index (χ0n) is 14.9. The van der Waals surface area contributed by atoms with E-state index in [4.69, 9.17) is 4.74 Å². The number of carboxylic acid groups (broad SMARTS) is 1. The van der Waals surface area contributed by atoms with Crippen molar-refractivity contribution in [2.24, 2.45) is 0 Å². The fourth-order valence-electron chi connectivity index (χ4n) is 3.47. The highest BCUT2D eigenvalue weighted by Crippen LogP contribution is 2.32. The van der Waals surface area contributed by atoms with E-state index in [9.17, 15) is 14.7 Å². The van der Waals surface area contributed by atoms with Crippen molar-refractivity contribution >= 4 is 22.9 Å². The molecule has 0 fully saturated rings. The topological polar surface area (TPSA) is 97.6 Å². The van der Waals surface area contributed by atoms with Gasteiger partial charge in [0.2, 0.25) is 11.8 Å². The Morgan fingerprint density at radius 1 is 1.26 bits per heavy atom. The summed E-state index contributed by atoms with van der Waals surface area (Å²) >= 11 is 0. The van der Waals surface area contributed by atoms with E-state index in [0.717, 1.165) is 21.2 Å². The van der Waals surface area contributed by atoms with Gasteiger partial charge < -0.3 is 14.7 Å². The van der Waals surface area contributed by atoms with E-state index >= 15 is 0 Å². The van der Waals surface area contributed by atoms with Crippen molar-refractivity contribution in [3.63, 3.8) is 0 Å². The lowest BCUT2D eigenvalue weighted by Crippen LogP contribution is -2.41. The molecule has 138 valence electrons. The normalized spacial score (nSPS) is 16.2. The lowest BCUT2D eigenvalue weighted by molar-refractivity contribution is -0.132. The first-order chi connectivity index (χ1) is 12.9. The van der Waals surface area contributed by atoms with Gasteiger partial charge in [-0.1, -0.05) is 0 Å². The molecule has 1 amide bonds. The van der Waals surface area contributed by atoms with Gasteiger partial charge in [0, 0.05) is 30.1 Å². The van der Waals surface area contributed by atoms with Crippen molar-refractivity contribution in [3.8, 4) is 11.6 Å². The number of hydrogen-bond acceptors (Lipinski definition) is 5. The highest BCUT2D eigenvalue weighted by molar-refractivity contribution is 5.89. The molecule has 0 unspecified atom stereocenters. The third-order valence-electron chi connectivity index (χ3n) is 4.83. The monoisotopic (exact) mass is 366 g/mol. The van der Waals surface area contributed by atoms with Gasteiger partial charge in [0.25, 0.3) is 0 Å². The van der Waals surface area contributed by atoms with E-state index in [1.54, 1.807) is 36.1 Å². The zero-order valence-corrected chi connectivity index (χ0v) is 14.9. The van der Waals surface area contributed by atoms with Crippen LogP contribution < -0.4 is 4.74 Å². The van der Waals surface area contributed by atoms with Gasteiger partial charge >= 0.3 is 6.09 Å². The maximum Gasteiger partial charge on any atom is 0.415 e. The van der Waals surface area contributed by atoms with Crippen LogP contribution in [0.25, 0.3) is 10.9 Å². The van der Waals surface area contributed by atoms with Crippen molar-refractivity contribution in [2.75, 3.05) is 0 Å². The van der Waals surface area contributed by atoms with Crippen LogP contribution in [0.15, 0.2) is 36.8 Å². The molecule has 1 aromatic carbocycles. The lowest BCUT2D eigenvalue weighted by atomic mass is 9.99. The van der Waals surface area contributed by atoms with Gasteiger partial charge in [0.1, 0.15) is 12.1 Å². The molecule has 1 atom stereocenters. The third kappa shape index (κ3) is 2.99. The predicted molar refractivity (Wildman–Crippen MR) is 96.9 cm³/mol. The lowest BCUT2D eigenvalue weighted by Gasteiger charge is -2.33. The summed E-state index contributed by atoms with van der Waals surface area (Å²) in [5.41, 5.74) is 2.27. The van der Waals surface area contributed by atoms with Crippen LogP contribution in [0.5, 0.6) is 11.6 Å².